The zero-order valence-corrected chi connectivity index (χ0v) is 13.6. The maximum absolute atomic E-state index is 11.9. The smallest absolute Gasteiger partial charge is 0.212 e. The van der Waals surface area contributed by atoms with Crippen LogP contribution in [-0.2, 0) is 10.0 Å². The Hall–Kier alpha value is -2.30. The lowest BCUT2D eigenvalue weighted by Gasteiger charge is -2.15. The molecule has 1 N–H and O–H groups in total. The lowest BCUT2D eigenvalue weighted by molar-refractivity contribution is 0.564. The zero-order valence-electron chi connectivity index (χ0n) is 12.8. The normalized spacial score (nSPS) is 12.5. The molecule has 0 spiro atoms. The molecule has 2 rings (SSSR count). The van der Waals surface area contributed by atoms with E-state index in [0.29, 0.717) is 6.42 Å². The minimum absolute atomic E-state index is 0.0374. The number of benzene rings is 1. The molecule has 23 heavy (non-hydrogen) atoms. The molecule has 0 saturated carbocycles. The number of rotatable bonds is 7. The van der Waals surface area contributed by atoms with E-state index in [1.807, 2.05) is 30.3 Å². The minimum atomic E-state index is -3.38. The summed E-state index contributed by atoms with van der Waals surface area (Å²) in [5, 5.41) is 8.47. The molecule has 0 fully saturated rings. The van der Waals surface area contributed by atoms with Crippen LogP contribution in [0.5, 0.6) is 0 Å². The molecular weight excluding hydrogens is 312 g/mol. The molecule has 1 aromatic carbocycles. The SMILES string of the molecule is CC(NS(=O)(=O)CCCC#N)c1ccc(-c2cncnc2)cc1. The number of nitrogens with zero attached hydrogens (tertiary/aromatic N) is 3. The number of hydrogen-bond donors (Lipinski definition) is 1. The Bertz CT molecular complexity index is 768. The van der Waals surface area contributed by atoms with Crippen molar-refractivity contribution in [2.75, 3.05) is 5.75 Å². The fourth-order valence-corrected chi connectivity index (χ4v) is 3.47. The second kappa shape index (κ2) is 7.81. The van der Waals surface area contributed by atoms with Gasteiger partial charge in [0.2, 0.25) is 10.0 Å². The van der Waals surface area contributed by atoms with Crippen LogP contribution in [0.1, 0.15) is 31.4 Å². The minimum Gasteiger partial charge on any atom is -0.244 e. The molecule has 7 heteroatoms. The second-order valence-electron chi connectivity index (χ2n) is 5.17. The van der Waals surface area contributed by atoms with Crippen molar-refractivity contribution in [2.24, 2.45) is 0 Å². The van der Waals surface area contributed by atoms with Crippen LogP contribution in [0.15, 0.2) is 43.0 Å². The number of nitriles is 1. The predicted octanol–water partition coefficient (Wildman–Crippen LogP) is 2.43. The quantitative estimate of drug-likeness (QED) is 0.787. The van der Waals surface area contributed by atoms with Crippen LogP contribution in [0.2, 0.25) is 0 Å². The molecular formula is C16H18N4O2S. The standard InChI is InChI=1S/C16H18N4O2S/c1-13(20-23(21,22)9-3-2-8-17)14-4-6-15(7-5-14)16-10-18-12-19-11-16/h4-7,10-13,20H,2-3,9H2,1H3. The summed E-state index contributed by atoms with van der Waals surface area (Å²) in [5.74, 6) is -0.0374. The Morgan fingerprint density at radius 2 is 1.83 bits per heavy atom. The van der Waals surface area contributed by atoms with Crippen molar-refractivity contribution >= 4 is 10.0 Å². The van der Waals surface area contributed by atoms with Gasteiger partial charge in [-0.15, -0.1) is 0 Å². The van der Waals surface area contributed by atoms with E-state index in [2.05, 4.69) is 14.7 Å². The van der Waals surface area contributed by atoms with Crippen molar-refractivity contribution in [2.45, 2.75) is 25.8 Å². The maximum atomic E-state index is 11.9. The molecule has 1 unspecified atom stereocenters. The van der Waals surface area contributed by atoms with Gasteiger partial charge in [0.25, 0.3) is 0 Å². The number of nitrogens with one attached hydrogen (secondary N) is 1. The first-order chi connectivity index (χ1) is 11.0. The van der Waals surface area contributed by atoms with Gasteiger partial charge in [0.1, 0.15) is 6.33 Å². The van der Waals surface area contributed by atoms with Crippen LogP contribution in [0, 0.1) is 11.3 Å². The Morgan fingerprint density at radius 3 is 2.43 bits per heavy atom. The molecule has 1 heterocycles. The van der Waals surface area contributed by atoms with Gasteiger partial charge in [-0.2, -0.15) is 5.26 Å². The molecule has 6 nitrogen and oxygen atoms in total. The van der Waals surface area contributed by atoms with Crippen molar-refractivity contribution in [1.82, 2.24) is 14.7 Å². The fourth-order valence-electron chi connectivity index (χ4n) is 2.15. The number of aromatic nitrogens is 2. The van der Waals surface area contributed by atoms with Crippen LogP contribution in [0.3, 0.4) is 0 Å². The third-order valence-corrected chi connectivity index (χ3v) is 4.90. The molecule has 1 atom stereocenters. The number of unbranched alkanes of at least 4 members (excludes halogenated alkanes) is 1. The summed E-state index contributed by atoms with van der Waals surface area (Å²) in [7, 11) is -3.38. The molecule has 0 amide bonds. The van der Waals surface area contributed by atoms with Crippen molar-refractivity contribution in [3.8, 4) is 17.2 Å². The molecule has 0 aliphatic carbocycles. The first-order valence-corrected chi connectivity index (χ1v) is 8.89. The highest BCUT2D eigenvalue weighted by atomic mass is 32.2. The van der Waals surface area contributed by atoms with E-state index in [0.717, 1.165) is 16.7 Å². The summed E-state index contributed by atoms with van der Waals surface area (Å²) in [6, 6.07) is 9.20. The Morgan fingerprint density at radius 1 is 1.17 bits per heavy atom. The maximum Gasteiger partial charge on any atom is 0.212 e. The summed E-state index contributed by atoms with van der Waals surface area (Å²) in [5.41, 5.74) is 2.75. The first kappa shape index (κ1) is 17.1. The molecule has 0 aliphatic heterocycles. The van der Waals surface area contributed by atoms with E-state index < -0.39 is 10.0 Å². The average molecular weight is 330 g/mol. The van der Waals surface area contributed by atoms with Crippen molar-refractivity contribution < 1.29 is 8.42 Å². The van der Waals surface area contributed by atoms with E-state index in [1.54, 1.807) is 19.3 Å². The van der Waals surface area contributed by atoms with E-state index in [4.69, 9.17) is 5.26 Å². The molecule has 0 aliphatic rings. The van der Waals surface area contributed by atoms with Gasteiger partial charge in [0.15, 0.2) is 0 Å². The molecule has 120 valence electrons. The van der Waals surface area contributed by atoms with Gasteiger partial charge >= 0.3 is 0 Å². The van der Waals surface area contributed by atoms with Gasteiger partial charge in [-0.1, -0.05) is 24.3 Å². The molecule has 2 aromatic rings. The predicted molar refractivity (Wildman–Crippen MR) is 87.7 cm³/mol. The summed E-state index contributed by atoms with van der Waals surface area (Å²) < 4.78 is 26.5. The highest BCUT2D eigenvalue weighted by Crippen LogP contribution is 2.21. The van der Waals surface area contributed by atoms with E-state index >= 15 is 0 Å². The summed E-state index contributed by atoms with van der Waals surface area (Å²) in [6.07, 6.45) is 5.50. The number of sulfonamides is 1. The third-order valence-electron chi connectivity index (χ3n) is 3.36. The Balaban J connectivity index is 2.03. The highest BCUT2D eigenvalue weighted by molar-refractivity contribution is 7.89. The van der Waals surface area contributed by atoms with Crippen LogP contribution < -0.4 is 4.72 Å². The largest absolute Gasteiger partial charge is 0.244 e. The summed E-state index contributed by atoms with van der Waals surface area (Å²) in [4.78, 5) is 7.95. The molecule has 0 bridgehead atoms. The first-order valence-electron chi connectivity index (χ1n) is 7.24. The highest BCUT2D eigenvalue weighted by Gasteiger charge is 2.15. The average Bonchev–Trinajstić information content (AvgIpc) is 2.55. The van der Waals surface area contributed by atoms with Gasteiger partial charge in [-0.05, 0) is 24.5 Å². The van der Waals surface area contributed by atoms with Gasteiger partial charge in [-0.25, -0.2) is 23.1 Å². The van der Waals surface area contributed by atoms with Crippen molar-refractivity contribution in [1.29, 1.82) is 5.26 Å². The van der Waals surface area contributed by atoms with E-state index in [-0.39, 0.29) is 18.2 Å². The Kier molecular flexibility index (Phi) is 5.79. The van der Waals surface area contributed by atoms with Crippen LogP contribution in [0.25, 0.3) is 11.1 Å². The van der Waals surface area contributed by atoms with Gasteiger partial charge in [-0.3, -0.25) is 0 Å². The third kappa shape index (κ3) is 5.13. The second-order valence-corrected chi connectivity index (χ2v) is 7.04. The van der Waals surface area contributed by atoms with Gasteiger partial charge in [0, 0.05) is 30.4 Å². The topological polar surface area (TPSA) is 95.7 Å². The van der Waals surface area contributed by atoms with E-state index in [1.165, 1.54) is 6.33 Å². The molecule has 0 saturated heterocycles. The monoisotopic (exact) mass is 330 g/mol. The van der Waals surface area contributed by atoms with Crippen LogP contribution >= 0.6 is 0 Å². The Labute approximate surface area is 136 Å². The lowest BCUT2D eigenvalue weighted by atomic mass is 10.0. The van der Waals surface area contributed by atoms with Crippen LogP contribution in [-0.4, -0.2) is 24.1 Å². The van der Waals surface area contributed by atoms with Crippen molar-refractivity contribution in [3.05, 3.63) is 48.5 Å². The van der Waals surface area contributed by atoms with Gasteiger partial charge in [0.05, 0.1) is 11.8 Å². The molecule has 0 radical (unpaired) electrons. The molecule has 1 aromatic heterocycles. The summed E-state index contributed by atoms with van der Waals surface area (Å²) in [6.45, 7) is 1.79. The van der Waals surface area contributed by atoms with E-state index in [9.17, 15) is 8.42 Å². The van der Waals surface area contributed by atoms with Crippen molar-refractivity contribution in [3.63, 3.8) is 0 Å². The van der Waals surface area contributed by atoms with Gasteiger partial charge < -0.3 is 0 Å². The zero-order chi connectivity index (χ0) is 16.7. The fraction of sp³-hybridized carbons (Fsp3) is 0.312. The number of hydrogen-bond acceptors (Lipinski definition) is 5. The van der Waals surface area contributed by atoms with Crippen LogP contribution in [0.4, 0.5) is 0 Å². The summed E-state index contributed by atoms with van der Waals surface area (Å²) >= 11 is 0. The lowest BCUT2D eigenvalue weighted by Crippen LogP contribution is -2.29.